The lowest BCUT2D eigenvalue weighted by Gasteiger charge is -2.33. The molecule has 1 aromatic carbocycles. The van der Waals surface area contributed by atoms with E-state index in [2.05, 4.69) is 12.1 Å². The highest BCUT2D eigenvalue weighted by atomic mass is 16.5. The fraction of sp³-hybridized carbons (Fsp3) is 0.562. The monoisotopic (exact) mass is 261 g/mol. The average Bonchev–Trinajstić information content (AvgIpc) is 2.49. The summed E-state index contributed by atoms with van der Waals surface area (Å²) in [6.45, 7) is 0. The van der Waals surface area contributed by atoms with Crippen LogP contribution >= 0.6 is 0 Å². The molecule has 0 bridgehead atoms. The molecule has 104 valence electrons. The Hall–Kier alpha value is -1.35. The Morgan fingerprint density at radius 2 is 1.84 bits per heavy atom. The maximum absolute atomic E-state index is 11.8. The van der Waals surface area contributed by atoms with Crippen molar-refractivity contribution in [2.24, 2.45) is 11.7 Å². The molecule has 2 N–H and O–H groups in total. The van der Waals surface area contributed by atoms with Gasteiger partial charge in [0.2, 0.25) is 0 Å². The van der Waals surface area contributed by atoms with E-state index in [0.717, 1.165) is 18.4 Å². The Morgan fingerprint density at radius 1 is 1.21 bits per heavy atom. The molecule has 1 saturated carbocycles. The fourth-order valence-electron chi connectivity index (χ4n) is 3.22. The van der Waals surface area contributed by atoms with E-state index < -0.39 is 6.04 Å². The van der Waals surface area contributed by atoms with E-state index in [1.54, 1.807) is 0 Å². The first-order valence-electron chi connectivity index (χ1n) is 7.12. The summed E-state index contributed by atoms with van der Waals surface area (Å²) >= 11 is 0. The lowest BCUT2D eigenvalue weighted by molar-refractivity contribution is -0.143. The molecule has 0 heterocycles. The summed E-state index contributed by atoms with van der Waals surface area (Å²) < 4.78 is 4.84. The first-order chi connectivity index (χ1) is 9.24. The van der Waals surface area contributed by atoms with Crippen LogP contribution in [0.5, 0.6) is 0 Å². The molecule has 1 aromatic rings. The minimum absolute atomic E-state index is 0.0777. The van der Waals surface area contributed by atoms with Crippen LogP contribution in [-0.4, -0.2) is 19.1 Å². The molecule has 0 amide bonds. The number of nitrogens with two attached hydrogens (primary N) is 1. The summed E-state index contributed by atoms with van der Waals surface area (Å²) in [4.78, 5) is 11.8. The van der Waals surface area contributed by atoms with Gasteiger partial charge in [-0.05, 0) is 24.3 Å². The van der Waals surface area contributed by atoms with Gasteiger partial charge < -0.3 is 10.5 Å². The van der Waals surface area contributed by atoms with Crippen LogP contribution in [0, 0.1) is 5.92 Å². The second-order valence-electron chi connectivity index (χ2n) is 5.38. The molecule has 2 atom stereocenters. The Balaban J connectivity index is 2.24. The summed E-state index contributed by atoms with van der Waals surface area (Å²) in [6, 6.07) is 9.59. The van der Waals surface area contributed by atoms with Crippen LogP contribution < -0.4 is 5.73 Å². The van der Waals surface area contributed by atoms with Crippen LogP contribution in [0.1, 0.15) is 43.6 Å². The number of hydrogen-bond acceptors (Lipinski definition) is 3. The van der Waals surface area contributed by atoms with Crippen LogP contribution in [0.3, 0.4) is 0 Å². The van der Waals surface area contributed by atoms with Crippen molar-refractivity contribution in [2.75, 3.05) is 7.11 Å². The zero-order valence-electron chi connectivity index (χ0n) is 11.5. The normalized spacial score (nSPS) is 19.7. The first-order valence-corrected chi connectivity index (χ1v) is 7.12. The zero-order valence-corrected chi connectivity index (χ0v) is 11.5. The fourth-order valence-corrected chi connectivity index (χ4v) is 3.22. The number of benzene rings is 1. The summed E-state index contributed by atoms with van der Waals surface area (Å²) in [5, 5.41) is 0. The molecule has 0 aromatic heterocycles. The van der Waals surface area contributed by atoms with Crippen LogP contribution in [-0.2, 0) is 9.53 Å². The molecule has 1 fully saturated rings. The minimum atomic E-state index is -0.560. The second-order valence-corrected chi connectivity index (χ2v) is 5.38. The lowest BCUT2D eigenvalue weighted by atomic mass is 9.73. The molecule has 3 heteroatoms. The molecule has 3 nitrogen and oxygen atoms in total. The van der Waals surface area contributed by atoms with Crippen molar-refractivity contribution in [3.05, 3.63) is 35.9 Å². The first kappa shape index (κ1) is 14.1. The number of methoxy groups -OCH3 is 1. The van der Waals surface area contributed by atoms with Gasteiger partial charge in [0.15, 0.2) is 0 Å². The highest BCUT2D eigenvalue weighted by Crippen LogP contribution is 2.37. The molecule has 0 saturated heterocycles. The highest BCUT2D eigenvalue weighted by Gasteiger charge is 2.34. The number of hydrogen-bond donors (Lipinski definition) is 1. The third-order valence-corrected chi connectivity index (χ3v) is 4.20. The van der Waals surface area contributed by atoms with Gasteiger partial charge in [0, 0.05) is 5.92 Å². The van der Waals surface area contributed by atoms with Crippen LogP contribution in [0.15, 0.2) is 30.3 Å². The Morgan fingerprint density at radius 3 is 2.42 bits per heavy atom. The molecule has 1 aliphatic rings. The van der Waals surface area contributed by atoms with Crippen LogP contribution in [0.25, 0.3) is 0 Å². The minimum Gasteiger partial charge on any atom is -0.468 e. The molecule has 0 aliphatic heterocycles. The summed E-state index contributed by atoms with van der Waals surface area (Å²) in [6.07, 6.45) is 6.09. The van der Waals surface area contributed by atoms with Crippen molar-refractivity contribution < 1.29 is 9.53 Å². The van der Waals surface area contributed by atoms with E-state index in [4.69, 9.17) is 10.5 Å². The van der Waals surface area contributed by atoms with E-state index in [0.29, 0.717) is 5.92 Å². The zero-order chi connectivity index (χ0) is 13.7. The smallest absolute Gasteiger partial charge is 0.323 e. The van der Waals surface area contributed by atoms with Gasteiger partial charge in [-0.25, -0.2) is 0 Å². The maximum atomic E-state index is 11.8. The molecule has 2 unspecified atom stereocenters. The van der Waals surface area contributed by atoms with Crippen LogP contribution in [0.4, 0.5) is 0 Å². The topological polar surface area (TPSA) is 52.3 Å². The highest BCUT2D eigenvalue weighted by molar-refractivity contribution is 5.76. The quantitative estimate of drug-likeness (QED) is 0.848. The van der Waals surface area contributed by atoms with E-state index in [1.807, 2.05) is 18.2 Å². The largest absolute Gasteiger partial charge is 0.468 e. The van der Waals surface area contributed by atoms with Gasteiger partial charge in [0.25, 0.3) is 0 Å². The summed E-state index contributed by atoms with van der Waals surface area (Å²) in [7, 11) is 1.41. The van der Waals surface area contributed by atoms with E-state index in [-0.39, 0.29) is 11.9 Å². The van der Waals surface area contributed by atoms with E-state index in [1.165, 1.54) is 26.4 Å². The number of esters is 1. The predicted octanol–water partition coefficient (Wildman–Crippen LogP) is 2.85. The molecule has 0 radical (unpaired) electrons. The van der Waals surface area contributed by atoms with Gasteiger partial charge in [-0.1, -0.05) is 49.6 Å². The molecule has 2 rings (SSSR count). The Labute approximate surface area is 115 Å². The third kappa shape index (κ3) is 3.35. The summed E-state index contributed by atoms with van der Waals surface area (Å²) in [5.41, 5.74) is 7.32. The van der Waals surface area contributed by atoms with E-state index in [9.17, 15) is 4.79 Å². The van der Waals surface area contributed by atoms with E-state index >= 15 is 0 Å². The van der Waals surface area contributed by atoms with Crippen molar-refractivity contribution >= 4 is 5.97 Å². The third-order valence-electron chi connectivity index (χ3n) is 4.20. The number of ether oxygens (including phenoxy) is 1. The molecule has 19 heavy (non-hydrogen) atoms. The number of carbonyl (C=O) groups is 1. The molecular weight excluding hydrogens is 238 g/mol. The standard InChI is InChI=1S/C16H23NO2/c1-19-16(18)15(17)14(12-8-4-2-5-9-12)13-10-6-3-7-11-13/h2,4-5,8-9,13-15H,3,6-7,10-11,17H2,1H3. The van der Waals surface area contributed by atoms with Gasteiger partial charge in [0.05, 0.1) is 7.11 Å². The van der Waals surface area contributed by atoms with Gasteiger partial charge >= 0.3 is 5.97 Å². The summed E-state index contributed by atoms with van der Waals surface area (Å²) in [5.74, 6) is 0.263. The number of rotatable bonds is 4. The van der Waals surface area contributed by atoms with Gasteiger partial charge in [-0.15, -0.1) is 0 Å². The van der Waals surface area contributed by atoms with Gasteiger partial charge in [0.1, 0.15) is 6.04 Å². The number of carbonyl (C=O) groups excluding carboxylic acids is 1. The molecular formula is C16H23NO2. The SMILES string of the molecule is COC(=O)C(N)C(c1ccccc1)C1CCCCC1. The second kappa shape index (κ2) is 6.71. The maximum Gasteiger partial charge on any atom is 0.323 e. The van der Waals surface area contributed by atoms with Crippen molar-refractivity contribution in [1.29, 1.82) is 0 Å². The van der Waals surface area contributed by atoms with Crippen molar-refractivity contribution in [2.45, 2.75) is 44.1 Å². The molecule has 0 spiro atoms. The average molecular weight is 261 g/mol. The lowest BCUT2D eigenvalue weighted by Crippen LogP contribution is -2.41. The Kier molecular flexibility index (Phi) is 4.97. The van der Waals surface area contributed by atoms with Crippen molar-refractivity contribution in [1.82, 2.24) is 0 Å². The predicted molar refractivity (Wildman–Crippen MR) is 75.7 cm³/mol. The Bertz CT molecular complexity index is 398. The van der Waals surface area contributed by atoms with Crippen LogP contribution in [0.2, 0.25) is 0 Å². The van der Waals surface area contributed by atoms with Crippen molar-refractivity contribution in [3.8, 4) is 0 Å². The van der Waals surface area contributed by atoms with Gasteiger partial charge in [-0.3, -0.25) is 4.79 Å². The van der Waals surface area contributed by atoms with Crippen molar-refractivity contribution in [3.63, 3.8) is 0 Å². The van der Waals surface area contributed by atoms with Gasteiger partial charge in [-0.2, -0.15) is 0 Å². The molecule has 1 aliphatic carbocycles.